The fourth-order valence-corrected chi connectivity index (χ4v) is 2.93. The molecule has 1 fully saturated rings. The van der Waals surface area contributed by atoms with Gasteiger partial charge in [-0.2, -0.15) is 18.4 Å². The Hall–Kier alpha value is -1.22. The monoisotopic (exact) mass is 339 g/mol. The van der Waals surface area contributed by atoms with E-state index in [0.29, 0.717) is 24.3 Å². The Morgan fingerprint density at radius 3 is 2.68 bits per heavy atom. The fourth-order valence-electron chi connectivity index (χ4n) is 2.65. The predicted octanol–water partition coefficient (Wildman–Crippen LogP) is 2.56. The van der Waals surface area contributed by atoms with Gasteiger partial charge in [0.25, 0.3) is 0 Å². The van der Waals surface area contributed by atoms with Gasteiger partial charge in [0.15, 0.2) is 5.69 Å². The maximum atomic E-state index is 12.9. The fraction of sp³-hybridized carbons (Fsp3) is 0.538. The highest BCUT2D eigenvalue weighted by molar-refractivity contribution is 6.33. The van der Waals surface area contributed by atoms with Crippen molar-refractivity contribution in [3.63, 3.8) is 0 Å². The number of piperidine rings is 1. The molecule has 22 heavy (non-hydrogen) atoms. The minimum absolute atomic E-state index is 0.0133. The smallest absolute Gasteiger partial charge is 0.393 e. The van der Waals surface area contributed by atoms with E-state index in [9.17, 15) is 18.4 Å². The SMILES string of the molecule is CNc1cc(N2CCCC(C(F)(F)F)C2)c(Cl)cc1[NH+]([O-])O. The molecule has 0 spiro atoms. The molecule has 1 aliphatic rings. The molecule has 124 valence electrons. The second-order valence-electron chi connectivity index (χ2n) is 5.23. The number of hydrogen-bond acceptors (Lipinski definition) is 4. The summed E-state index contributed by atoms with van der Waals surface area (Å²) in [6.07, 6.45) is -3.72. The van der Waals surface area contributed by atoms with Crippen molar-refractivity contribution in [2.45, 2.75) is 19.0 Å². The Morgan fingerprint density at radius 1 is 1.45 bits per heavy atom. The number of anilines is 2. The van der Waals surface area contributed by atoms with Gasteiger partial charge in [-0.05, 0) is 18.9 Å². The Bertz CT molecular complexity index is 540. The Morgan fingerprint density at radius 2 is 2.14 bits per heavy atom. The summed E-state index contributed by atoms with van der Waals surface area (Å²) < 4.78 is 38.7. The number of nitrogens with one attached hydrogen (secondary N) is 2. The number of hydrogen-bond donors (Lipinski definition) is 3. The molecule has 2 rings (SSSR count). The average molecular weight is 340 g/mol. The van der Waals surface area contributed by atoms with Gasteiger partial charge in [0.05, 0.1) is 16.6 Å². The molecule has 2 atom stereocenters. The molecule has 1 heterocycles. The highest BCUT2D eigenvalue weighted by Gasteiger charge is 2.42. The van der Waals surface area contributed by atoms with Crippen molar-refractivity contribution >= 4 is 28.7 Å². The number of alkyl halides is 3. The Kier molecular flexibility index (Phi) is 5.06. The third kappa shape index (κ3) is 3.57. The summed E-state index contributed by atoms with van der Waals surface area (Å²) in [6, 6.07) is 2.76. The van der Waals surface area contributed by atoms with Gasteiger partial charge < -0.3 is 15.4 Å². The van der Waals surface area contributed by atoms with E-state index in [0.717, 1.165) is 0 Å². The normalized spacial score (nSPS) is 20.9. The van der Waals surface area contributed by atoms with Crippen LogP contribution in [0.4, 0.5) is 30.2 Å². The lowest BCUT2D eigenvalue weighted by Gasteiger charge is -2.36. The summed E-state index contributed by atoms with van der Waals surface area (Å²) in [5.74, 6) is -1.39. The van der Waals surface area contributed by atoms with Crippen LogP contribution in [-0.4, -0.2) is 31.5 Å². The Labute approximate surface area is 130 Å². The summed E-state index contributed by atoms with van der Waals surface area (Å²) in [5, 5.41) is 22.0. The molecule has 0 radical (unpaired) electrons. The third-order valence-corrected chi connectivity index (χ3v) is 4.11. The summed E-state index contributed by atoms with van der Waals surface area (Å²) in [6.45, 7) is 0.292. The summed E-state index contributed by atoms with van der Waals surface area (Å²) in [5.41, 5.74) is 0.728. The zero-order chi connectivity index (χ0) is 16.5. The van der Waals surface area contributed by atoms with Crippen molar-refractivity contribution in [3.05, 3.63) is 22.4 Å². The van der Waals surface area contributed by atoms with Crippen molar-refractivity contribution in [1.82, 2.24) is 0 Å². The largest absolute Gasteiger partial charge is 0.595 e. The van der Waals surface area contributed by atoms with E-state index in [1.165, 1.54) is 12.1 Å². The zero-order valence-corrected chi connectivity index (χ0v) is 12.6. The van der Waals surface area contributed by atoms with E-state index in [1.54, 1.807) is 11.9 Å². The standard InChI is InChI=1S/C13H17ClF3N3O2/c1-18-10-6-11(9(14)5-12(10)20(21)22)19-4-2-3-8(7-19)13(15,16)17/h5-6,8,18,20-21H,2-4,7H2,1H3. The first kappa shape index (κ1) is 17.1. The summed E-state index contributed by atoms with van der Waals surface area (Å²) >= 11 is 6.08. The quantitative estimate of drug-likeness (QED) is 0.741. The van der Waals surface area contributed by atoms with E-state index < -0.39 is 17.3 Å². The predicted molar refractivity (Wildman–Crippen MR) is 77.8 cm³/mol. The highest BCUT2D eigenvalue weighted by atomic mass is 35.5. The number of quaternary nitrogens is 1. The zero-order valence-electron chi connectivity index (χ0n) is 11.9. The number of rotatable bonds is 3. The van der Waals surface area contributed by atoms with Gasteiger partial charge in [-0.3, -0.25) is 0 Å². The average Bonchev–Trinajstić information content (AvgIpc) is 2.46. The lowest BCUT2D eigenvalue weighted by molar-refractivity contribution is -0.990. The van der Waals surface area contributed by atoms with Gasteiger partial charge in [0.2, 0.25) is 0 Å². The van der Waals surface area contributed by atoms with Crippen LogP contribution in [0.25, 0.3) is 0 Å². The second kappa shape index (κ2) is 6.49. The first-order valence-electron chi connectivity index (χ1n) is 6.80. The maximum Gasteiger partial charge on any atom is 0.393 e. The summed E-state index contributed by atoms with van der Waals surface area (Å²) in [7, 11) is 1.55. The van der Waals surface area contributed by atoms with Crippen LogP contribution in [-0.2, 0) is 0 Å². The van der Waals surface area contributed by atoms with Gasteiger partial charge in [0.1, 0.15) is 5.69 Å². The van der Waals surface area contributed by atoms with Gasteiger partial charge >= 0.3 is 6.18 Å². The number of halogens is 4. The molecule has 1 aromatic rings. The van der Waals surface area contributed by atoms with Crippen LogP contribution in [0.1, 0.15) is 12.8 Å². The van der Waals surface area contributed by atoms with Crippen molar-refractivity contribution < 1.29 is 23.6 Å². The third-order valence-electron chi connectivity index (χ3n) is 3.81. The Balaban J connectivity index is 2.32. The van der Waals surface area contributed by atoms with Crippen LogP contribution >= 0.6 is 11.6 Å². The van der Waals surface area contributed by atoms with E-state index in [4.69, 9.17) is 16.8 Å². The van der Waals surface area contributed by atoms with Crippen molar-refractivity contribution in [2.24, 2.45) is 5.92 Å². The molecule has 0 amide bonds. The van der Waals surface area contributed by atoms with Crippen LogP contribution < -0.4 is 15.4 Å². The molecule has 9 heteroatoms. The first-order valence-corrected chi connectivity index (χ1v) is 7.18. The van der Waals surface area contributed by atoms with Gasteiger partial charge in [-0.15, -0.1) is 0 Å². The van der Waals surface area contributed by atoms with Crippen LogP contribution in [0, 0.1) is 11.1 Å². The first-order chi connectivity index (χ1) is 10.2. The van der Waals surface area contributed by atoms with Crippen molar-refractivity contribution in [1.29, 1.82) is 0 Å². The molecule has 1 saturated heterocycles. The van der Waals surface area contributed by atoms with Crippen molar-refractivity contribution in [3.8, 4) is 0 Å². The number of nitrogens with zero attached hydrogens (tertiary/aromatic N) is 1. The topological polar surface area (TPSA) is 63.0 Å². The molecule has 5 nitrogen and oxygen atoms in total. The summed E-state index contributed by atoms with van der Waals surface area (Å²) in [4.78, 5) is 1.57. The maximum absolute atomic E-state index is 12.9. The molecule has 0 saturated carbocycles. The molecular weight excluding hydrogens is 323 g/mol. The van der Waals surface area contributed by atoms with E-state index in [2.05, 4.69) is 5.32 Å². The number of benzene rings is 1. The molecule has 0 aliphatic carbocycles. The molecular formula is C13H17ClF3N3O2. The van der Waals surface area contributed by atoms with E-state index in [-0.39, 0.29) is 23.7 Å². The lowest BCUT2D eigenvalue weighted by atomic mass is 9.97. The van der Waals surface area contributed by atoms with Crippen LogP contribution in [0.3, 0.4) is 0 Å². The van der Waals surface area contributed by atoms with Gasteiger partial charge in [-0.25, -0.2) is 5.21 Å². The molecule has 0 aromatic heterocycles. The van der Waals surface area contributed by atoms with E-state index in [1.807, 2.05) is 0 Å². The van der Waals surface area contributed by atoms with E-state index >= 15 is 0 Å². The van der Waals surface area contributed by atoms with Crippen LogP contribution in [0.2, 0.25) is 5.02 Å². The van der Waals surface area contributed by atoms with Crippen LogP contribution in [0.15, 0.2) is 12.1 Å². The van der Waals surface area contributed by atoms with Crippen molar-refractivity contribution in [2.75, 3.05) is 30.4 Å². The molecule has 1 aromatic carbocycles. The molecule has 0 bridgehead atoms. The second-order valence-corrected chi connectivity index (χ2v) is 5.64. The van der Waals surface area contributed by atoms with Crippen LogP contribution in [0.5, 0.6) is 0 Å². The minimum atomic E-state index is -4.24. The minimum Gasteiger partial charge on any atom is -0.595 e. The highest BCUT2D eigenvalue weighted by Crippen LogP contribution is 2.39. The van der Waals surface area contributed by atoms with Gasteiger partial charge in [0, 0.05) is 26.2 Å². The lowest BCUT2D eigenvalue weighted by Crippen LogP contribution is -2.99. The molecule has 1 aliphatic heterocycles. The molecule has 3 N–H and O–H groups in total. The molecule has 2 unspecified atom stereocenters. The van der Waals surface area contributed by atoms with Gasteiger partial charge in [-0.1, -0.05) is 11.6 Å².